The van der Waals surface area contributed by atoms with Crippen molar-refractivity contribution in [2.24, 2.45) is 5.92 Å². The molecule has 2 heterocycles. The quantitative estimate of drug-likeness (QED) is 0.786. The zero-order valence-corrected chi connectivity index (χ0v) is 13.8. The van der Waals surface area contributed by atoms with Crippen molar-refractivity contribution in [3.63, 3.8) is 0 Å². The van der Waals surface area contributed by atoms with Gasteiger partial charge in [0, 0.05) is 22.8 Å². The molecule has 5 heteroatoms. The second-order valence-electron chi connectivity index (χ2n) is 5.72. The molecule has 3 aromatic rings. The van der Waals surface area contributed by atoms with Crippen LogP contribution in [0, 0.1) is 5.92 Å². The number of amides is 1. The first-order valence-corrected chi connectivity index (χ1v) is 8.69. The van der Waals surface area contributed by atoms with Crippen LogP contribution in [0.3, 0.4) is 0 Å². The molecule has 1 atom stereocenters. The summed E-state index contributed by atoms with van der Waals surface area (Å²) in [5.74, 6) is 0.708. The van der Waals surface area contributed by atoms with Gasteiger partial charge in [0.15, 0.2) is 0 Å². The summed E-state index contributed by atoms with van der Waals surface area (Å²) in [6.45, 7) is 0.417. The van der Waals surface area contributed by atoms with E-state index in [1.54, 1.807) is 17.5 Å². The van der Waals surface area contributed by atoms with Gasteiger partial charge in [-0.3, -0.25) is 4.79 Å². The van der Waals surface area contributed by atoms with Crippen LogP contribution in [-0.4, -0.2) is 17.5 Å². The second kappa shape index (κ2) is 6.45. The SMILES string of the molecule is O=C(Nc1ccc(-c2nccs2)cc1)C1COc2ccccc2C1. The van der Waals surface area contributed by atoms with Crippen LogP contribution in [-0.2, 0) is 11.2 Å². The van der Waals surface area contributed by atoms with Crippen molar-refractivity contribution in [1.29, 1.82) is 0 Å². The summed E-state index contributed by atoms with van der Waals surface area (Å²) in [5, 5.41) is 5.91. The molecule has 1 N–H and O–H groups in total. The van der Waals surface area contributed by atoms with E-state index < -0.39 is 0 Å². The number of fused-ring (bicyclic) bond motifs is 1. The monoisotopic (exact) mass is 336 g/mol. The molecule has 24 heavy (non-hydrogen) atoms. The topological polar surface area (TPSA) is 51.2 Å². The van der Waals surface area contributed by atoms with Gasteiger partial charge < -0.3 is 10.1 Å². The molecule has 120 valence electrons. The average Bonchev–Trinajstić information content (AvgIpc) is 3.16. The van der Waals surface area contributed by atoms with Gasteiger partial charge in [-0.1, -0.05) is 18.2 Å². The van der Waals surface area contributed by atoms with Crippen LogP contribution in [0.2, 0.25) is 0 Å². The first kappa shape index (κ1) is 14.9. The molecule has 2 aromatic carbocycles. The zero-order chi connectivity index (χ0) is 16.4. The van der Waals surface area contributed by atoms with Crippen LogP contribution in [0.1, 0.15) is 5.56 Å². The molecule has 1 aromatic heterocycles. The highest BCUT2D eigenvalue weighted by Crippen LogP contribution is 2.28. The third-order valence-electron chi connectivity index (χ3n) is 4.08. The van der Waals surface area contributed by atoms with Crippen molar-refractivity contribution >= 4 is 22.9 Å². The fourth-order valence-corrected chi connectivity index (χ4v) is 3.45. The number of hydrogen-bond donors (Lipinski definition) is 1. The molecule has 1 aliphatic heterocycles. The molecule has 1 unspecified atom stereocenters. The molecule has 0 spiro atoms. The normalized spacial score (nSPS) is 16.1. The van der Waals surface area contributed by atoms with E-state index in [-0.39, 0.29) is 11.8 Å². The number of anilines is 1. The number of rotatable bonds is 3. The maximum Gasteiger partial charge on any atom is 0.231 e. The lowest BCUT2D eigenvalue weighted by atomic mass is 9.96. The average molecular weight is 336 g/mol. The predicted molar refractivity (Wildman–Crippen MR) is 95.3 cm³/mol. The minimum absolute atomic E-state index is 0.00787. The highest BCUT2D eigenvalue weighted by Gasteiger charge is 2.25. The number of para-hydroxylation sites is 1. The smallest absolute Gasteiger partial charge is 0.231 e. The van der Waals surface area contributed by atoms with Crippen LogP contribution >= 0.6 is 11.3 Å². The lowest BCUT2D eigenvalue weighted by Crippen LogP contribution is -2.32. The Kier molecular flexibility index (Phi) is 4.01. The summed E-state index contributed by atoms with van der Waals surface area (Å²) >= 11 is 1.60. The van der Waals surface area contributed by atoms with Gasteiger partial charge >= 0.3 is 0 Å². The van der Waals surface area contributed by atoms with E-state index in [1.165, 1.54) is 0 Å². The first-order chi connectivity index (χ1) is 11.8. The third kappa shape index (κ3) is 3.03. The molecule has 0 fully saturated rings. The van der Waals surface area contributed by atoms with E-state index in [2.05, 4.69) is 10.3 Å². The van der Waals surface area contributed by atoms with Gasteiger partial charge in [-0.25, -0.2) is 4.98 Å². The van der Waals surface area contributed by atoms with E-state index in [0.29, 0.717) is 13.0 Å². The van der Waals surface area contributed by atoms with Crippen molar-refractivity contribution in [2.45, 2.75) is 6.42 Å². The Labute approximate surface area is 144 Å². The Morgan fingerprint density at radius 2 is 2.00 bits per heavy atom. The lowest BCUT2D eigenvalue weighted by Gasteiger charge is -2.24. The molecule has 4 nitrogen and oxygen atoms in total. The summed E-state index contributed by atoms with van der Waals surface area (Å²) in [7, 11) is 0. The molecule has 0 saturated heterocycles. The van der Waals surface area contributed by atoms with Crippen molar-refractivity contribution in [3.05, 3.63) is 65.7 Å². The van der Waals surface area contributed by atoms with E-state index in [1.807, 2.05) is 53.9 Å². The number of nitrogens with one attached hydrogen (secondary N) is 1. The first-order valence-electron chi connectivity index (χ1n) is 7.81. The maximum absolute atomic E-state index is 12.5. The largest absolute Gasteiger partial charge is 0.492 e. The van der Waals surface area contributed by atoms with Gasteiger partial charge in [-0.15, -0.1) is 11.3 Å². The number of aromatic nitrogens is 1. The van der Waals surface area contributed by atoms with E-state index in [9.17, 15) is 4.79 Å². The van der Waals surface area contributed by atoms with Gasteiger partial charge in [0.1, 0.15) is 17.4 Å². The van der Waals surface area contributed by atoms with Crippen LogP contribution in [0.15, 0.2) is 60.1 Å². The summed E-state index contributed by atoms with van der Waals surface area (Å²) in [6, 6.07) is 15.6. The molecule has 1 amide bonds. The number of carbonyl (C=O) groups excluding carboxylic acids is 1. The molecule has 0 radical (unpaired) electrons. The molecule has 1 aliphatic rings. The number of hydrogen-bond acceptors (Lipinski definition) is 4. The van der Waals surface area contributed by atoms with Gasteiger partial charge in [-0.2, -0.15) is 0 Å². The fourth-order valence-electron chi connectivity index (χ4n) is 2.80. The van der Waals surface area contributed by atoms with Gasteiger partial charge in [0.25, 0.3) is 0 Å². The maximum atomic E-state index is 12.5. The number of benzene rings is 2. The van der Waals surface area contributed by atoms with Crippen LogP contribution < -0.4 is 10.1 Å². The highest BCUT2D eigenvalue weighted by atomic mass is 32.1. The van der Waals surface area contributed by atoms with Crippen molar-refractivity contribution in [2.75, 3.05) is 11.9 Å². The number of thiazole rings is 1. The van der Waals surface area contributed by atoms with Gasteiger partial charge in [0.05, 0.1) is 5.92 Å². The van der Waals surface area contributed by atoms with E-state index in [0.717, 1.165) is 27.6 Å². The Morgan fingerprint density at radius 1 is 1.17 bits per heavy atom. The summed E-state index contributed by atoms with van der Waals surface area (Å²) in [4.78, 5) is 16.8. The number of carbonyl (C=O) groups is 1. The third-order valence-corrected chi connectivity index (χ3v) is 4.90. The highest BCUT2D eigenvalue weighted by molar-refractivity contribution is 7.13. The Hall–Kier alpha value is -2.66. The Balaban J connectivity index is 1.43. The van der Waals surface area contributed by atoms with Crippen molar-refractivity contribution in [3.8, 4) is 16.3 Å². The standard InChI is InChI=1S/C19H16N2O2S/c22-18(15-11-14-3-1-2-4-17(14)23-12-15)21-16-7-5-13(6-8-16)19-20-9-10-24-19/h1-10,15H,11-12H2,(H,21,22). The molecule has 4 rings (SSSR count). The summed E-state index contributed by atoms with van der Waals surface area (Å²) in [6.07, 6.45) is 2.50. The van der Waals surface area contributed by atoms with Crippen molar-refractivity contribution < 1.29 is 9.53 Å². The van der Waals surface area contributed by atoms with Crippen LogP contribution in [0.4, 0.5) is 5.69 Å². The van der Waals surface area contributed by atoms with Gasteiger partial charge in [0.2, 0.25) is 5.91 Å². The number of nitrogens with zero attached hydrogens (tertiary/aromatic N) is 1. The molecule has 0 saturated carbocycles. The second-order valence-corrected chi connectivity index (χ2v) is 6.62. The zero-order valence-electron chi connectivity index (χ0n) is 12.9. The fraction of sp³-hybridized carbons (Fsp3) is 0.158. The Morgan fingerprint density at radius 3 is 2.79 bits per heavy atom. The minimum Gasteiger partial charge on any atom is -0.492 e. The minimum atomic E-state index is -0.168. The van der Waals surface area contributed by atoms with E-state index >= 15 is 0 Å². The predicted octanol–water partition coefficient (Wildman–Crippen LogP) is 4.00. The van der Waals surface area contributed by atoms with Gasteiger partial charge in [-0.05, 0) is 42.3 Å². The van der Waals surface area contributed by atoms with E-state index in [4.69, 9.17) is 4.74 Å². The number of ether oxygens (including phenoxy) is 1. The van der Waals surface area contributed by atoms with Crippen LogP contribution in [0.25, 0.3) is 10.6 Å². The molecule has 0 aliphatic carbocycles. The summed E-state index contributed by atoms with van der Waals surface area (Å²) in [5.41, 5.74) is 2.93. The molecular weight excluding hydrogens is 320 g/mol. The van der Waals surface area contributed by atoms with Crippen molar-refractivity contribution in [1.82, 2.24) is 4.98 Å². The summed E-state index contributed by atoms with van der Waals surface area (Å²) < 4.78 is 5.70. The molecular formula is C19H16N2O2S. The molecule has 0 bridgehead atoms. The Bertz CT molecular complexity index is 844. The van der Waals surface area contributed by atoms with Crippen LogP contribution in [0.5, 0.6) is 5.75 Å². The lowest BCUT2D eigenvalue weighted by molar-refractivity contribution is -0.121.